The van der Waals surface area contributed by atoms with E-state index in [1.165, 1.54) is 24.8 Å². The van der Waals surface area contributed by atoms with Crippen molar-refractivity contribution in [3.05, 3.63) is 34.9 Å². The van der Waals surface area contributed by atoms with Crippen LogP contribution in [0.15, 0.2) is 18.2 Å². The molecule has 0 atom stereocenters. The molecule has 0 amide bonds. The van der Waals surface area contributed by atoms with E-state index >= 15 is 0 Å². The number of hydrogen-bond acceptors (Lipinski definition) is 2. The van der Waals surface area contributed by atoms with Crippen LogP contribution in [-0.2, 0) is 19.4 Å². The molecule has 100 valence electrons. The fourth-order valence-corrected chi connectivity index (χ4v) is 2.89. The summed E-state index contributed by atoms with van der Waals surface area (Å²) in [6.07, 6.45) is 3.86. The molecule has 2 N–H and O–H groups in total. The van der Waals surface area contributed by atoms with E-state index in [9.17, 15) is 0 Å². The zero-order valence-corrected chi connectivity index (χ0v) is 12.0. The zero-order valence-electron chi connectivity index (χ0n) is 12.0. The van der Waals surface area contributed by atoms with Crippen LogP contribution in [0.4, 0.5) is 0 Å². The van der Waals surface area contributed by atoms with Crippen LogP contribution in [0.2, 0.25) is 0 Å². The van der Waals surface area contributed by atoms with E-state index in [4.69, 9.17) is 5.73 Å². The van der Waals surface area contributed by atoms with Crippen molar-refractivity contribution in [1.29, 1.82) is 0 Å². The molecule has 1 aromatic rings. The van der Waals surface area contributed by atoms with Gasteiger partial charge in [0.15, 0.2) is 0 Å². The minimum absolute atomic E-state index is 0.200. The molecule has 0 heterocycles. The van der Waals surface area contributed by atoms with Crippen LogP contribution in [0, 0.1) is 5.41 Å². The lowest BCUT2D eigenvalue weighted by atomic mass is 9.93. The third kappa shape index (κ3) is 3.33. The summed E-state index contributed by atoms with van der Waals surface area (Å²) in [6.45, 7) is 7.26. The highest BCUT2D eigenvalue weighted by Gasteiger charge is 2.18. The molecule has 0 radical (unpaired) electrons. The Morgan fingerprint density at radius 1 is 1.22 bits per heavy atom. The Morgan fingerprint density at radius 2 is 1.94 bits per heavy atom. The van der Waals surface area contributed by atoms with Gasteiger partial charge in [-0.3, -0.25) is 0 Å². The van der Waals surface area contributed by atoms with Gasteiger partial charge in [0.2, 0.25) is 0 Å². The number of fused-ring (bicyclic) bond motifs is 1. The molecule has 1 aliphatic carbocycles. The molecule has 0 spiro atoms. The molecule has 0 saturated carbocycles. The van der Waals surface area contributed by atoms with Crippen LogP contribution in [-0.4, -0.2) is 25.0 Å². The van der Waals surface area contributed by atoms with Crippen molar-refractivity contribution in [3.63, 3.8) is 0 Å². The van der Waals surface area contributed by atoms with Crippen LogP contribution in [0.1, 0.15) is 37.0 Å². The SMILES string of the molecule is CN(Cc1ccc2c(c1)CCC2)CC(C)(C)CN. The molecule has 1 aromatic carbocycles. The average Bonchev–Trinajstić information content (AvgIpc) is 2.75. The van der Waals surface area contributed by atoms with E-state index in [-0.39, 0.29) is 5.41 Å². The van der Waals surface area contributed by atoms with E-state index in [0.717, 1.165) is 19.6 Å². The molecule has 2 heteroatoms. The lowest BCUT2D eigenvalue weighted by Crippen LogP contribution is -2.36. The van der Waals surface area contributed by atoms with E-state index in [1.807, 2.05) is 0 Å². The van der Waals surface area contributed by atoms with Gasteiger partial charge >= 0.3 is 0 Å². The van der Waals surface area contributed by atoms with E-state index in [1.54, 1.807) is 11.1 Å². The Hall–Kier alpha value is -0.860. The lowest BCUT2D eigenvalue weighted by molar-refractivity contribution is 0.210. The number of nitrogens with two attached hydrogens (primary N) is 1. The fourth-order valence-electron chi connectivity index (χ4n) is 2.89. The minimum Gasteiger partial charge on any atom is -0.330 e. The summed E-state index contributed by atoms with van der Waals surface area (Å²) in [4.78, 5) is 2.38. The number of benzene rings is 1. The highest BCUT2D eigenvalue weighted by molar-refractivity contribution is 5.35. The summed E-state index contributed by atoms with van der Waals surface area (Å²) < 4.78 is 0. The van der Waals surface area contributed by atoms with Crippen molar-refractivity contribution < 1.29 is 0 Å². The van der Waals surface area contributed by atoms with Gasteiger partial charge in [-0.2, -0.15) is 0 Å². The summed E-state index contributed by atoms with van der Waals surface area (Å²) in [5, 5.41) is 0. The quantitative estimate of drug-likeness (QED) is 0.865. The molecular formula is C16H26N2. The number of rotatable bonds is 5. The summed E-state index contributed by atoms with van der Waals surface area (Å²) in [5.74, 6) is 0. The molecule has 0 unspecified atom stereocenters. The van der Waals surface area contributed by atoms with Crippen LogP contribution >= 0.6 is 0 Å². The van der Waals surface area contributed by atoms with Crippen molar-refractivity contribution >= 4 is 0 Å². The molecule has 1 aliphatic rings. The highest BCUT2D eigenvalue weighted by atomic mass is 15.1. The predicted molar refractivity (Wildman–Crippen MR) is 77.6 cm³/mol. The maximum atomic E-state index is 5.80. The Labute approximate surface area is 111 Å². The molecular weight excluding hydrogens is 220 g/mol. The Bertz CT molecular complexity index is 410. The minimum atomic E-state index is 0.200. The number of nitrogens with zero attached hydrogens (tertiary/aromatic N) is 1. The summed E-state index contributed by atoms with van der Waals surface area (Å²) in [5.41, 5.74) is 10.6. The Morgan fingerprint density at radius 3 is 2.67 bits per heavy atom. The number of hydrogen-bond donors (Lipinski definition) is 1. The molecule has 18 heavy (non-hydrogen) atoms. The predicted octanol–water partition coefficient (Wildman–Crippen LogP) is 2.59. The van der Waals surface area contributed by atoms with Crippen molar-refractivity contribution in [3.8, 4) is 0 Å². The van der Waals surface area contributed by atoms with E-state index < -0.39 is 0 Å². The third-order valence-corrected chi connectivity index (χ3v) is 3.87. The summed E-state index contributed by atoms with van der Waals surface area (Å²) >= 11 is 0. The summed E-state index contributed by atoms with van der Waals surface area (Å²) in [6, 6.07) is 7.00. The monoisotopic (exact) mass is 246 g/mol. The lowest BCUT2D eigenvalue weighted by Gasteiger charge is -2.29. The van der Waals surface area contributed by atoms with Crippen LogP contribution in [0.5, 0.6) is 0 Å². The standard InChI is InChI=1S/C16H26N2/c1-16(2,11-17)12-18(3)10-13-7-8-14-5-4-6-15(14)9-13/h7-9H,4-6,10-12,17H2,1-3H3. The van der Waals surface area contributed by atoms with Crippen molar-refractivity contribution in [2.45, 2.75) is 39.7 Å². The first-order valence-corrected chi connectivity index (χ1v) is 6.99. The van der Waals surface area contributed by atoms with E-state index in [0.29, 0.717) is 0 Å². The number of aryl methyl sites for hydroxylation is 2. The van der Waals surface area contributed by atoms with Gasteiger partial charge in [-0.25, -0.2) is 0 Å². The maximum Gasteiger partial charge on any atom is 0.0231 e. The Kier molecular flexibility index (Phi) is 4.08. The second kappa shape index (κ2) is 5.41. The van der Waals surface area contributed by atoms with Gasteiger partial charge < -0.3 is 10.6 Å². The molecule has 2 rings (SSSR count). The molecule has 0 bridgehead atoms. The summed E-state index contributed by atoms with van der Waals surface area (Å²) in [7, 11) is 2.19. The van der Waals surface area contributed by atoms with Gasteiger partial charge in [-0.05, 0) is 55.0 Å². The fraction of sp³-hybridized carbons (Fsp3) is 0.625. The topological polar surface area (TPSA) is 29.3 Å². The third-order valence-electron chi connectivity index (χ3n) is 3.87. The first-order chi connectivity index (χ1) is 8.50. The van der Waals surface area contributed by atoms with Crippen LogP contribution in [0.3, 0.4) is 0 Å². The van der Waals surface area contributed by atoms with Crippen molar-refractivity contribution in [2.24, 2.45) is 11.1 Å². The van der Waals surface area contributed by atoms with Crippen LogP contribution < -0.4 is 5.73 Å². The van der Waals surface area contributed by atoms with Gasteiger partial charge in [-0.15, -0.1) is 0 Å². The Balaban J connectivity index is 1.97. The van der Waals surface area contributed by atoms with Gasteiger partial charge in [0.25, 0.3) is 0 Å². The average molecular weight is 246 g/mol. The first-order valence-electron chi connectivity index (χ1n) is 6.99. The second-order valence-electron chi connectivity index (χ2n) is 6.50. The molecule has 0 aliphatic heterocycles. The van der Waals surface area contributed by atoms with Gasteiger partial charge in [-0.1, -0.05) is 32.0 Å². The normalized spacial score (nSPS) is 15.2. The molecule has 0 aromatic heterocycles. The molecule has 2 nitrogen and oxygen atoms in total. The second-order valence-corrected chi connectivity index (χ2v) is 6.50. The largest absolute Gasteiger partial charge is 0.330 e. The van der Waals surface area contributed by atoms with Gasteiger partial charge in [0, 0.05) is 13.1 Å². The molecule has 0 saturated heterocycles. The van der Waals surface area contributed by atoms with Crippen LogP contribution in [0.25, 0.3) is 0 Å². The maximum absolute atomic E-state index is 5.80. The van der Waals surface area contributed by atoms with E-state index in [2.05, 4.69) is 44.0 Å². The first kappa shape index (κ1) is 13.6. The van der Waals surface area contributed by atoms with Crippen molar-refractivity contribution in [1.82, 2.24) is 4.90 Å². The van der Waals surface area contributed by atoms with Gasteiger partial charge in [0.1, 0.15) is 0 Å². The van der Waals surface area contributed by atoms with Crippen molar-refractivity contribution in [2.75, 3.05) is 20.1 Å². The zero-order chi connectivity index (χ0) is 13.2. The smallest absolute Gasteiger partial charge is 0.0231 e. The molecule has 0 fully saturated rings. The van der Waals surface area contributed by atoms with Gasteiger partial charge in [0.05, 0.1) is 0 Å². The highest BCUT2D eigenvalue weighted by Crippen LogP contribution is 2.23.